The minimum Gasteiger partial charge on any atom is -0.478 e. The number of nitrogens with zero attached hydrogens (tertiary/aromatic N) is 1. The molecule has 0 aliphatic rings. The quantitative estimate of drug-likeness (QED) is 0.727. The van der Waals surface area contributed by atoms with Crippen molar-refractivity contribution >= 4 is 40.3 Å². The van der Waals surface area contributed by atoms with Gasteiger partial charge in [-0.1, -0.05) is 18.5 Å². The molecule has 0 fully saturated rings. The van der Waals surface area contributed by atoms with Crippen LogP contribution in [0, 0.1) is 0 Å². The smallest absolute Gasteiger partial charge is 0.337 e. The zero-order chi connectivity index (χ0) is 15.6. The number of carboxylic acid groups (broad SMARTS) is 1. The van der Waals surface area contributed by atoms with Crippen LogP contribution in [0.5, 0.6) is 0 Å². The molecule has 1 unspecified atom stereocenters. The maximum absolute atomic E-state index is 11.3. The second-order valence-electron chi connectivity index (χ2n) is 4.61. The van der Waals surface area contributed by atoms with Crippen LogP contribution in [0.25, 0.3) is 0 Å². The summed E-state index contributed by atoms with van der Waals surface area (Å²) in [5.74, 6) is -1.08. The summed E-state index contributed by atoms with van der Waals surface area (Å²) in [6.07, 6.45) is 2.76. The molecule has 5 nitrogen and oxygen atoms in total. The highest BCUT2D eigenvalue weighted by Crippen LogP contribution is 2.33. The van der Waals surface area contributed by atoms with Crippen molar-refractivity contribution in [2.24, 2.45) is 0 Å². The molecule has 0 aliphatic heterocycles. The molecule has 0 amide bonds. The number of hydrogen-bond donors (Lipinski definition) is 3. The molecule has 112 valence electrons. The fourth-order valence-electron chi connectivity index (χ4n) is 1.91. The van der Waals surface area contributed by atoms with Crippen molar-refractivity contribution in [1.82, 2.24) is 4.98 Å². The minimum absolute atomic E-state index is 0.0547. The zero-order valence-electron chi connectivity index (χ0n) is 11.7. The number of hydrogen-bond acceptors (Lipinski definition) is 5. The van der Waals surface area contributed by atoms with Crippen molar-refractivity contribution in [3.05, 3.63) is 38.8 Å². The first-order valence-corrected chi connectivity index (χ1v) is 7.65. The molecule has 2 aromatic rings. The molecule has 0 bridgehead atoms. The van der Waals surface area contributed by atoms with Crippen LogP contribution in [0.4, 0.5) is 11.4 Å². The lowest BCUT2D eigenvalue weighted by atomic mass is 10.1. The summed E-state index contributed by atoms with van der Waals surface area (Å²) in [5.41, 5.74) is 6.38. The topological polar surface area (TPSA) is 88.2 Å². The summed E-state index contributed by atoms with van der Waals surface area (Å²) in [7, 11) is 0. The minimum atomic E-state index is -1.08. The van der Waals surface area contributed by atoms with E-state index in [0.717, 1.165) is 11.4 Å². The van der Waals surface area contributed by atoms with Crippen LogP contribution in [0.2, 0.25) is 5.02 Å². The number of anilines is 2. The average molecular weight is 326 g/mol. The van der Waals surface area contributed by atoms with Crippen LogP contribution in [0.3, 0.4) is 0 Å². The van der Waals surface area contributed by atoms with Crippen LogP contribution in [0.1, 0.15) is 40.1 Å². The van der Waals surface area contributed by atoms with Crippen LogP contribution in [-0.2, 0) is 6.42 Å². The Morgan fingerprint density at radius 2 is 2.29 bits per heavy atom. The molecule has 0 saturated heterocycles. The third-order valence-corrected chi connectivity index (χ3v) is 4.62. The molecule has 1 atom stereocenters. The van der Waals surface area contributed by atoms with Crippen molar-refractivity contribution < 1.29 is 9.90 Å². The number of nitrogen functional groups attached to an aromatic ring is 1. The Bertz CT molecular complexity index is 672. The highest BCUT2D eigenvalue weighted by atomic mass is 35.5. The monoisotopic (exact) mass is 325 g/mol. The van der Waals surface area contributed by atoms with Gasteiger partial charge in [-0.25, -0.2) is 9.78 Å². The van der Waals surface area contributed by atoms with Crippen molar-refractivity contribution in [3.63, 3.8) is 0 Å². The third-order valence-electron chi connectivity index (χ3n) is 2.99. The standard InChI is InChI=1S/C14H16ClN3O2S/c1-3-9-6-17-13(21-9)7(2)18-12-10(14(19)20)4-8(16)5-11(12)15/h4-7,18H,3,16H2,1-2H3,(H,19,20). The molecule has 7 heteroatoms. The Labute approximate surface area is 131 Å². The van der Waals surface area contributed by atoms with E-state index in [4.69, 9.17) is 17.3 Å². The lowest BCUT2D eigenvalue weighted by Gasteiger charge is -2.17. The molecule has 1 heterocycles. The highest BCUT2D eigenvalue weighted by Gasteiger charge is 2.18. The van der Waals surface area contributed by atoms with Crippen LogP contribution < -0.4 is 11.1 Å². The predicted molar refractivity (Wildman–Crippen MR) is 86.4 cm³/mol. The first-order valence-electron chi connectivity index (χ1n) is 6.45. The number of nitrogens with two attached hydrogens (primary N) is 1. The molecule has 21 heavy (non-hydrogen) atoms. The zero-order valence-corrected chi connectivity index (χ0v) is 13.3. The van der Waals surface area contributed by atoms with Gasteiger partial charge < -0.3 is 16.2 Å². The highest BCUT2D eigenvalue weighted by molar-refractivity contribution is 7.11. The maximum atomic E-state index is 11.3. The molecule has 4 N–H and O–H groups in total. The van der Waals surface area contributed by atoms with Crippen molar-refractivity contribution in [1.29, 1.82) is 0 Å². The van der Waals surface area contributed by atoms with Gasteiger partial charge >= 0.3 is 5.97 Å². The summed E-state index contributed by atoms with van der Waals surface area (Å²) < 4.78 is 0. The van der Waals surface area contributed by atoms with Gasteiger partial charge in [-0.15, -0.1) is 11.3 Å². The fraction of sp³-hybridized carbons (Fsp3) is 0.286. The number of halogens is 1. The molecular weight excluding hydrogens is 310 g/mol. The summed E-state index contributed by atoms with van der Waals surface area (Å²) >= 11 is 7.71. The van der Waals surface area contributed by atoms with Gasteiger partial charge in [0.05, 0.1) is 22.3 Å². The van der Waals surface area contributed by atoms with Gasteiger partial charge in [0, 0.05) is 16.8 Å². The van der Waals surface area contributed by atoms with Crippen LogP contribution >= 0.6 is 22.9 Å². The van der Waals surface area contributed by atoms with Crippen molar-refractivity contribution in [2.75, 3.05) is 11.1 Å². The number of rotatable bonds is 5. The van der Waals surface area contributed by atoms with E-state index in [1.807, 2.05) is 13.1 Å². The predicted octanol–water partition coefficient (Wildman–Crippen LogP) is 3.81. The second-order valence-corrected chi connectivity index (χ2v) is 6.17. The Kier molecular flexibility index (Phi) is 4.69. The largest absolute Gasteiger partial charge is 0.478 e. The number of aryl methyl sites for hydroxylation is 1. The number of carbonyl (C=O) groups is 1. The fourth-order valence-corrected chi connectivity index (χ4v) is 3.05. The SMILES string of the molecule is CCc1cnc(C(C)Nc2c(Cl)cc(N)cc2C(=O)O)s1. The lowest BCUT2D eigenvalue weighted by molar-refractivity contribution is 0.0698. The molecule has 0 radical (unpaired) electrons. The van der Waals surface area contributed by atoms with Gasteiger partial charge in [-0.2, -0.15) is 0 Å². The summed E-state index contributed by atoms with van der Waals surface area (Å²) in [5, 5.41) is 13.6. The number of nitrogens with one attached hydrogen (secondary N) is 1. The number of aromatic nitrogens is 1. The Balaban J connectivity index is 2.32. The summed E-state index contributed by atoms with van der Waals surface area (Å²) in [6, 6.07) is 2.78. The van der Waals surface area contributed by atoms with Gasteiger partial charge in [0.25, 0.3) is 0 Å². The number of aromatic carboxylic acids is 1. The van der Waals surface area contributed by atoms with Crippen LogP contribution in [0.15, 0.2) is 18.3 Å². The molecule has 1 aromatic heterocycles. The maximum Gasteiger partial charge on any atom is 0.337 e. The van der Waals surface area contributed by atoms with Crippen LogP contribution in [-0.4, -0.2) is 16.1 Å². The van der Waals surface area contributed by atoms with E-state index in [9.17, 15) is 9.90 Å². The summed E-state index contributed by atoms with van der Waals surface area (Å²) in [6.45, 7) is 3.98. The Morgan fingerprint density at radius 3 is 2.86 bits per heavy atom. The molecule has 1 aromatic carbocycles. The Morgan fingerprint density at radius 1 is 1.57 bits per heavy atom. The van der Waals surface area contributed by atoms with E-state index in [0.29, 0.717) is 11.4 Å². The molecule has 0 aliphatic carbocycles. The van der Waals surface area contributed by atoms with Crippen molar-refractivity contribution in [3.8, 4) is 0 Å². The van der Waals surface area contributed by atoms with E-state index in [2.05, 4.69) is 17.2 Å². The van der Waals surface area contributed by atoms with Crippen molar-refractivity contribution in [2.45, 2.75) is 26.3 Å². The second kappa shape index (κ2) is 6.32. The molecule has 2 rings (SSSR count). The molecule has 0 saturated carbocycles. The van der Waals surface area contributed by atoms with Gasteiger partial charge in [0.2, 0.25) is 0 Å². The molecular formula is C14H16ClN3O2S. The van der Waals surface area contributed by atoms with Gasteiger partial charge in [-0.05, 0) is 25.5 Å². The van der Waals surface area contributed by atoms with Gasteiger partial charge in [-0.3, -0.25) is 0 Å². The van der Waals surface area contributed by atoms with E-state index in [1.165, 1.54) is 17.0 Å². The normalized spacial score (nSPS) is 12.1. The van der Waals surface area contributed by atoms with E-state index in [1.54, 1.807) is 11.3 Å². The molecule has 0 spiro atoms. The number of thiazole rings is 1. The first-order chi connectivity index (χ1) is 9.92. The van der Waals surface area contributed by atoms with E-state index in [-0.39, 0.29) is 16.6 Å². The lowest BCUT2D eigenvalue weighted by Crippen LogP contribution is -2.11. The van der Waals surface area contributed by atoms with E-state index >= 15 is 0 Å². The van der Waals surface area contributed by atoms with Gasteiger partial charge in [0.1, 0.15) is 5.01 Å². The third kappa shape index (κ3) is 3.46. The first kappa shape index (κ1) is 15.6. The Hall–Kier alpha value is -1.79. The number of benzene rings is 1. The number of carboxylic acids is 1. The van der Waals surface area contributed by atoms with E-state index < -0.39 is 5.97 Å². The summed E-state index contributed by atoms with van der Waals surface area (Å²) in [4.78, 5) is 16.9. The van der Waals surface area contributed by atoms with Gasteiger partial charge in [0.15, 0.2) is 0 Å². The average Bonchev–Trinajstić information content (AvgIpc) is 2.90.